The number of carbonyl (C=O) groups is 1. The summed E-state index contributed by atoms with van der Waals surface area (Å²) in [6.45, 7) is 9.17. The van der Waals surface area contributed by atoms with E-state index in [2.05, 4.69) is 36.0 Å². The van der Waals surface area contributed by atoms with Crippen molar-refractivity contribution in [1.82, 2.24) is 9.88 Å². The maximum Gasteiger partial charge on any atom is 0.304 e. The summed E-state index contributed by atoms with van der Waals surface area (Å²) in [6.07, 6.45) is 0.149. The summed E-state index contributed by atoms with van der Waals surface area (Å²) in [5.41, 5.74) is 1.13. The van der Waals surface area contributed by atoms with Crippen LogP contribution < -0.4 is 0 Å². The van der Waals surface area contributed by atoms with Gasteiger partial charge in [0.05, 0.1) is 18.7 Å². The van der Waals surface area contributed by atoms with Gasteiger partial charge in [-0.15, -0.1) is 11.3 Å². The molecule has 112 valence electrons. The largest absolute Gasteiger partial charge is 0.481 e. The quantitative estimate of drug-likeness (QED) is 0.924. The van der Waals surface area contributed by atoms with E-state index in [0.717, 1.165) is 23.8 Å². The molecule has 1 N–H and O–H groups in total. The molecule has 6 heteroatoms. The van der Waals surface area contributed by atoms with Crippen molar-refractivity contribution in [2.24, 2.45) is 0 Å². The number of nitrogens with zero attached hydrogens (tertiary/aromatic N) is 2. The second kappa shape index (κ2) is 6.20. The van der Waals surface area contributed by atoms with Crippen LogP contribution in [0.5, 0.6) is 0 Å². The van der Waals surface area contributed by atoms with Crippen molar-refractivity contribution < 1.29 is 14.6 Å². The molecule has 0 aliphatic carbocycles. The van der Waals surface area contributed by atoms with Crippen LogP contribution in [0, 0.1) is 0 Å². The lowest BCUT2D eigenvalue weighted by Crippen LogP contribution is -2.39. The molecular formula is C14H22N2O3S. The van der Waals surface area contributed by atoms with E-state index < -0.39 is 5.97 Å². The fourth-order valence-corrected chi connectivity index (χ4v) is 3.17. The highest BCUT2D eigenvalue weighted by molar-refractivity contribution is 7.09. The Bertz CT molecular complexity index is 467. The maximum atomic E-state index is 10.6. The highest BCUT2D eigenvalue weighted by Gasteiger charge is 2.26. The summed E-state index contributed by atoms with van der Waals surface area (Å²) < 4.78 is 5.79. The lowest BCUT2D eigenvalue weighted by atomic mass is 9.93. The third-order valence-corrected chi connectivity index (χ3v) is 4.30. The minimum Gasteiger partial charge on any atom is -0.481 e. The number of morpholine rings is 1. The number of carboxylic acid groups (broad SMARTS) is 1. The van der Waals surface area contributed by atoms with Crippen molar-refractivity contribution in [2.45, 2.75) is 38.7 Å². The van der Waals surface area contributed by atoms with Gasteiger partial charge in [0, 0.05) is 30.4 Å². The zero-order chi connectivity index (χ0) is 14.8. The van der Waals surface area contributed by atoms with Crippen molar-refractivity contribution in [1.29, 1.82) is 0 Å². The Labute approximate surface area is 123 Å². The maximum absolute atomic E-state index is 10.6. The van der Waals surface area contributed by atoms with Crippen LogP contribution in [0.1, 0.15) is 44.0 Å². The number of rotatable bonds is 4. The summed E-state index contributed by atoms with van der Waals surface area (Å²) >= 11 is 1.63. The second-order valence-electron chi connectivity index (χ2n) is 6.12. The van der Waals surface area contributed by atoms with Gasteiger partial charge < -0.3 is 9.84 Å². The number of hydrogen-bond donors (Lipinski definition) is 1. The fourth-order valence-electron chi connectivity index (χ4n) is 2.09. The molecule has 5 nitrogen and oxygen atoms in total. The van der Waals surface area contributed by atoms with Crippen LogP contribution in [0.2, 0.25) is 0 Å². The Morgan fingerprint density at radius 2 is 2.35 bits per heavy atom. The Balaban J connectivity index is 1.98. The van der Waals surface area contributed by atoms with Gasteiger partial charge in [-0.1, -0.05) is 20.8 Å². The number of carboxylic acids is 1. The van der Waals surface area contributed by atoms with E-state index in [0.29, 0.717) is 13.2 Å². The van der Waals surface area contributed by atoms with E-state index in [9.17, 15) is 4.79 Å². The number of aliphatic carboxylic acids is 1. The molecule has 0 radical (unpaired) electrons. The van der Waals surface area contributed by atoms with E-state index in [4.69, 9.17) is 9.84 Å². The summed E-state index contributed by atoms with van der Waals surface area (Å²) in [5, 5.41) is 11.8. The molecular weight excluding hydrogens is 276 g/mol. The number of hydrogen-bond acceptors (Lipinski definition) is 5. The minimum absolute atomic E-state index is 0.0290. The highest BCUT2D eigenvalue weighted by atomic mass is 32.1. The zero-order valence-electron chi connectivity index (χ0n) is 12.3. The van der Waals surface area contributed by atoms with Crippen LogP contribution in [0.3, 0.4) is 0 Å². The van der Waals surface area contributed by atoms with E-state index in [1.165, 1.54) is 0 Å². The summed E-state index contributed by atoms with van der Waals surface area (Å²) in [5.74, 6) is -0.752. The molecule has 2 heterocycles. The van der Waals surface area contributed by atoms with Crippen LogP contribution in [-0.2, 0) is 14.9 Å². The predicted octanol–water partition coefficient (Wildman–Crippen LogP) is 2.29. The van der Waals surface area contributed by atoms with Crippen LogP contribution in [-0.4, -0.2) is 47.2 Å². The van der Waals surface area contributed by atoms with Gasteiger partial charge in [0.15, 0.2) is 0 Å². The van der Waals surface area contributed by atoms with Crippen LogP contribution in [0.15, 0.2) is 5.38 Å². The van der Waals surface area contributed by atoms with Gasteiger partial charge in [0.25, 0.3) is 0 Å². The average molecular weight is 298 g/mol. The van der Waals surface area contributed by atoms with Gasteiger partial charge in [-0.25, -0.2) is 4.98 Å². The topological polar surface area (TPSA) is 62.7 Å². The molecule has 1 aliphatic heterocycles. The van der Waals surface area contributed by atoms with Crippen molar-refractivity contribution in [3.63, 3.8) is 0 Å². The van der Waals surface area contributed by atoms with Gasteiger partial charge in [-0.05, 0) is 0 Å². The number of aromatic nitrogens is 1. The van der Waals surface area contributed by atoms with Gasteiger partial charge >= 0.3 is 5.97 Å². The van der Waals surface area contributed by atoms with E-state index in [-0.39, 0.29) is 17.9 Å². The normalized spacial score (nSPS) is 21.1. The molecule has 1 aliphatic rings. The standard InChI is InChI=1S/C14H22N2O3S/c1-14(2,3)11-9-20-13(15-11)10-8-16(6-7-19-10)5-4-12(17)18/h9-10H,4-8H2,1-3H3,(H,17,18). The molecule has 1 unspecified atom stereocenters. The van der Waals surface area contributed by atoms with Gasteiger partial charge in [0.1, 0.15) is 11.1 Å². The first-order valence-corrected chi connectivity index (χ1v) is 7.76. The summed E-state index contributed by atoms with van der Waals surface area (Å²) in [4.78, 5) is 17.5. The molecule has 0 saturated carbocycles. The molecule has 20 heavy (non-hydrogen) atoms. The van der Waals surface area contributed by atoms with E-state index in [1.54, 1.807) is 11.3 Å². The zero-order valence-corrected chi connectivity index (χ0v) is 13.1. The molecule has 0 amide bonds. The number of thiazole rings is 1. The monoisotopic (exact) mass is 298 g/mol. The third kappa shape index (κ3) is 4.01. The van der Waals surface area contributed by atoms with E-state index >= 15 is 0 Å². The molecule has 0 spiro atoms. The summed E-state index contributed by atoms with van der Waals surface area (Å²) in [6, 6.07) is 0. The van der Waals surface area contributed by atoms with Crippen LogP contribution in [0.4, 0.5) is 0 Å². The van der Waals surface area contributed by atoms with Gasteiger partial charge in [-0.2, -0.15) is 0 Å². The van der Waals surface area contributed by atoms with Crippen molar-refractivity contribution >= 4 is 17.3 Å². The first-order chi connectivity index (χ1) is 9.36. The molecule has 1 fully saturated rings. The van der Waals surface area contributed by atoms with Gasteiger partial charge in [0.2, 0.25) is 0 Å². The smallest absolute Gasteiger partial charge is 0.304 e. The van der Waals surface area contributed by atoms with Gasteiger partial charge in [-0.3, -0.25) is 9.69 Å². The van der Waals surface area contributed by atoms with Crippen molar-refractivity contribution in [2.75, 3.05) is 26.2 Å². The molecule has 1 aromatic heterocycles. The van der Waals surface area contributed by atoms with Crippen LogP contribution in [0.25, 0.3) is 0 Å². The third-order valence-electron chi connectivity index (χ3n) is 3.36. The number of ether oxygens (including phenoxy) is 1. The molecule has 1 aromatic rings. The van der Waals surface area contributed by atoms with E-state index in [1.807, 2.05) is 0 Å². The summed E-state index contributed by atoms with van der Waals surface area (Å²) in [7, 11) is 0. The fraction of sp³-hybridized carbons (Fsp3) is 0.714. The lowest BCUT2D eigenvalue weighted by Gasteiger charge is -2.31. The van der Waals surface area contributed by atoms with Crippen molar-refractivity contribution in [3.8, 4) is 0 Å². The Hall–Kier alpha value is -0.980. The first kappa shape index (κ1) is 15.4. The van der Waals surface area contributed by atoms with Crippen molar-refractivity contribution in [3.05, 3.63) is 16.1 Å². The molecule has 0 bridgehead atoms. The Morgan fingerprint density at radius 1 is 1.60 bits per heavy atom. The first-order valence-electron chi connectivity index (χ1n) is 6.88. The second-order valence-corrected chi connectivity index (χ2v) is 7.01. The predicted molar refractivity (Wildman–Crippen MR) is 78.2 cm³/mol. The lowest BCUT2D eigenvalue weighted by molar-refractivity contribution is -0.137. The van der Waals surface area contributed by atoms with Crippen LogP contribution >= 0.6 is 11.3 Å². The SMILES string of the molecule is CC(C)(C)c1csc(C2CN(CCC(=O)O)CCO2)n1. The highest BCUT2D eigenvalue weighted by Crippen LogP contribution is 2.30. The molecule has 2 rings (SSSR count). The Morgan fingerprint density at radius 3 is 2.95 bits per heavy atom. The molecule has 0 aromatic carbocycles. The average Bonchev–Trinajstić information content (AvgIpc) is 2.86. The Kier molecular flexibility index (Phi) is 4.78. The molecule has 1 atom stereocenters. The molecule has 1 saturated heterocycles. The minimum atomic E-state index is -0.752.